The molecule has 0 unspecified atom stereocenters. The number of aromatic nitrogens is 1. The first kappa shape index (κ1) is 8.51. The molecule has 0 spiro atoms. The molecule has 0 fully saturated rings. The van der Waals surface area contributed by atoms with Gasteiger partial charge in [0.25, 0.3) is 5.91 Å². The zero-order chi connectivity index (χ0) is 9.59. The summed E-state index contributed by atoms with van der Waals surface area (Å²) in [6.45, 7) is 4.26. The second-order valence-electron chi connectivity index (χ2n) is 3.16. The van der Waals surface area contributed by atoms with Gasteiger partial charge in [0.05, 0.1) is 17.8 Å². The highest BCUT2D eigenvalue weighted by Gasteiger charge is 2.24. The Morgan fingerprint density at radius 1 is 1.38 bits per heavy atom. The van der Waals surface area contributed by atoms with Crippen LogP contribution in [0.1, 0.15) is 27.2 Å². The predicted octanol–water partition coefficient (Wildman–Crippen LogP) is 1.60. The molecule has 1 aliphatic heterocycles. The minimum Gasteiger partial charge on any atom is -0.346 e. The molecule has 2 rings (SSSR count). The van der Waals surface area contributed by atoms with Gasteiger partial charge in [-0.15, -0.1) is 0 Å². The molecule has 1 N–H and O–H groups in total. The Bertz CT molecular complexity index is 401. The highest BCUT2D eigenvalue weighted by Crippen LogP contribution is 2.25. The van der Waals surface area contributed by atoms with Crippen molar-refractivity contribution >= 4 is 17.5 Å². The van der Waals surface area contributed by atoms with E-state index >= 15 is 0 Å². The summed E-state index contributed by atoms with van der Waals surface area (Å²) in [5.41, 5.74) is 3.28. The molecule has 1 aromatic heterocycles. The lowest BCUT2D eigenvalue weighted by molar-refractivity contribution is 0.0965. The smallest absolute Gasteiger partial charge is 0.253 e. The molecule has 68 valence electrons. The van der Waals surface area contributed by atoms with Crippen molar-refractivity contribution in [1.29, 1.82) is 0 Å². The summed E-state index contributed by atoms with van der Waals surface area (Å²) in [6, 6.07) is 0. The van der Waals surface area contributed by atoms with E-state index < -0.39 is 0 Å². The van der Waals surface area contributed by atoms with Crippen molar-refractivity contribution in [1.82, 2.24) is 10.3 Å². The zero-order valence-electron chi connectivity index (χ0n) is 7.44. The summed E-state index contributed by atoms with van der Waals surface area (Å²) in [6.07, 6.45) is 0. The largest absolute Gasteiger partial charge is 0.346 e. The maximum atomic E-state index is 11.4. The molecule has 0 atom stereocenters. The maximum Gasteiger partial charge on any atom is 0.253 e. The van der Waals surface area contributed by atoms with E-state index in [-0.39, 0.29) is 5.91 Å². The molecule has 4 heteroatoms. The normalized spacial score (nSPS) is 14.2. The van der Waals surface area contributed by atoms with Crippen LogP contribution >= 0.6 is 11.6 Å². The number of carbonyl (C=O) groups excluding carboxylic acids is 1. The predicted molar refractivity (Wildman–Crippen MR) is 49.9 cm³/mol. The van der Waals surface area contributed by atoms with E-state index in [9.17, 15) is 4.79 Å². The summed E-state index contributed by atoms with van der Waals surface area (Å²) in [5.74, 6) is -0.0419. The highest BCUT2D eigenvalue weighted by atomic mass is 35.5. The van der Waals surface area contributed by atoms with E-state index in [0.717, 1.165) is 16.8 Å². The van der Waals surface area contributed by atoms with Crippen LogP contribution in [-0.4, -0.2) is 10.9 Å². The molecular weight excluding hydrogens is 188 g/mol. The molecule has 1 aromatic rings. The lowest BCUT2D eigenvalue weighted by atomic mass is 10.1. The average Bonchev–Trinajstić information content (AvgIpc) is 2.43. The number of fused-ring (bicyclic) bond motifs is 1. The van der Waals surface area contributed by atoms with Gasteiger partial charge in [-0.05, 0) is 25.0 Å². The summed E-state index contributed by atoms with van der Waals surface area (Å²) < 4.78 is 0. The molecule has 1 amide bonds. The number of hydrogen-bond acceptors (Lipinski definition) is 2. The summed E-state index contributed by atoms with van der Waals surface area (Å²) >= 11 is 5.90. The van der Waals surface area contributed by atoms with Crippen LogP contribution in [0.15, 0.2) is 0 Å². The number of pyridine rings is 1. The van der Waals surface area contributed by atoms with Gasteiger partial charge < -0.3 is 5.32 Å². The van der Waals surface area contributed by atoms with Crippen LogP contribution in [0.5, 0.6) is 0 Å². The fourth-order valence-electron chi connectivity index (χ4n) is 1.50. The number of hydrogen-bond donors (Lipinski definition) is 1. The van der Waals surface area contributed by atoms with Gasteiger partial charge in [0.15, 0.2) is 0 Å². The molecule has 0 saturated carbocycles. The number of carbonyl (C=O) groups is 1. The molecule has 0 aliphatic carbocycles. The van der Waals surface area contributed by atoms with Crippen molar-refractivity contribution in [2.24, 2.45) is 0 Å². The van der Waals surface area contributed by atoms with Gasteiger partial charge in [-0.25, -0.2) is 4.98 Å². The number of nitrogens with one attached hydrogen (secondary N) is 1. The van der Waals surface area contributed by atoms with E-state index in [4.69, 9.17) is 11.6 Å². The van der Waals surface area contributed by atoms with E-state index in [1.807, 2.05) is 13.8 Å². The first-order valence-electron chi connectivity index (χ1n) is 4.05. The van der Waals surface area contributed by atoms with Crippen LogP contribution in [0.4, 0.5) is 0 Å². The van der Waals surface area contributed by atoms with Gasteiger partial charge in [0, 0.05) is 0 Å². The third-order valence-electron chi connectivity index (χ3n) is 2.41. The number of nitrogens with zero attached hydrogens (tertiary/aromatic N) is 1. The standard InChI is InChI=1S/C9H9ClN2O/c1-4-5(2)8(10)12-6-3-11-9(13)7(4)6/h3H2,1-2H3,(H,11,13). The Kier molecular flexibility index (Phi) is 1.77. The molecule has 2 heterocycles. The fraction of sp³-hybridized carbons (Fsp3) is 0.333. The van der Waals surface area contributed by atoms with Gasteiger partial charge >= 0.3 is 0 Å². The van der Waals surface area contributed by atoms with Crippen molar-refractivity contribution in [2.75, 3.05) is 0 Å². The van der Waals surface area contributed by atoms with Gasteiger partial charge in [-0.2, -0.15) is 0 Å². The first-order valence-corrected chi connectivity index (χ1v) is 4.43. The molecule has 1 aliphatic rings. The minimum atomic E-state index is -0.0419. The summed E-state index contributed by atoms with van der Waals surface area (Å²) in [4.78, 5) is 15.5. The molecule has 0 radical (unpaired) electrons. The monoisotopic (exact) mass is 196 g/mol. The number of halogens is 1. The van der Waals surface area contributed by atoms with Gasteiger partial charge in [0.1, 0.15) is 5.15 Å². The molecule has 0 aromatic carbocycles. The quantitative estimate of drug-likeness (QED) is 0.641. The first-order chi connectivity index (χ1) is 6.11. The Morgan fingerprint density at radius 2 is 2.08 bits per heavy atom. The second kappa shape index (κ2) is 2.70. The molecule has 13 heavy (non-hydrogen) atoms. The second-order valence-corrected chi connectivity index (χ2v) is 3.51. The fourth-order valence-corrected chi connectivity index (χ4v) is 1.74. The van der Waals surface area contributed by atoms with Gasteiger partial charge in [-0.3, -0.25) is 4.79 Å². The van der Waals surface area contributed by atoms with Crippen molar-refractivity contribution in [3.63, 3.8) is 0 Å². The van der Waals surface area contributed by atoms with E-state index in [0.29, 0.717) is 17.3 Å². The van der Waals surface area contributed by atoms with Crippen LogP contribution in [0.25, 0.3) is 0 Å². The van der Waals surface area contributed by atoms with Crippen molar-refractivity contribution in [3.8, 4) is 0 Å². The highest BCUT2D eigenvalue weighted by molar-refractivity contribution is 6.30. The third kappa shape index (κ3) is 1.11. The molecule has 0 saturated heterocycles. The van der Waals surface area contributed by atoms with Crippen molar-refractivity contribution in [3.05, 3.63) is 27.5 Å². The zero-order valence-corrected chi connectivity index (χ0v) is 8.20. The average molecular weight is 197 g/mol. The number of rotatable bonds is 0. The van der Waals surface area contributed by atoms with E-state index in [2.05, 4.69) is 10.3 Å². The Labute approximate surface area is 81.1 Å². The van der Waals surface area contributed by atoms with Crippen LogP contribution in [-0.2, 0) is 6.54 Å². The molecule has 3 nitrogen and oxygen atoms in total. The van der Waals surface area contributed by atoms with Crippen molar-refractivity contribution in [2.45, 2.75) is 20.4 Å². The lowest BCUT2D eigenvalue weighted by Gasteiger charge is -2.05. The third-order valence-corrected chi connectivity index (χ3v) is 2.78. The number of amides is 1. The Hall–Kier alpha value is -1.09. The molecule has 0 bridgehead atoms. The van der Waals surface area contributed by atoms with E-state index in [1.165, 1.54) is 0 Å². The van der Waals surface area contributed by atoms with E-state index in [1.54, 1.807) is 0 Å². The minimum absolute atomic E-state index is 0.0419. The van der Waals surface area contributed by atoms with Gasteiger partial charge in [-0.1, -0.05) is 11.6 Å². The van der Waals surface area contributed by atoms with Crippen LogP contribution in [0.3, 0.4) is 0 Å². The van der Waals surface area contributed by atoms with Crippen LogP contribution in [0.2, 0.25) is 5.15 Å². The Morgan fingerprint density at radius 3 is 2.77 bits per heavy atom. The maximum absolute atomic E-state index is 11.4. The van der Waals surface area contributed by atoms with Crippen LogP contribution in [0, 0.1) is 13.8 Å². The van der Waals surface area contributed by atoms with Gasteiger partial charge in [0.2, 0.25) is 0 Å². The lowest BCUT2D eigenvalue weighted by Crippen LogP contribution is -2.13. The van der Waals surface area contributed by atoms with Crippen molar-refractivity contribution < 1.29 is 4.79 Å². The summed E-state index contributed by atoms with van der Waals surface area (Å²) in [7, 11) is 0. The summed E-state index contributed by atoms with van der Waals surface area (Å²) in [5, 5.41) is 3.21. The molecular formula is C9H9ClN2O. The SMILES string of the molecule is Cc1c(Cl)nc2c(c1C)C(=O)NC2. The topological polar surface area (TPSA) is 42.0 Å². The van der Waals surface area contributed by atoms with Crippen LogP contribution < -0.4 is 5.32 Å². The Balaban J connectivity index is 2.75.